The summed E-state index contributed by atoms with van der Waals surface area (Å²) in [7, 11) is 0. The van der Waals surface area contributed by atoms with Crippen LogP contribution in [0, 0.1) is 16.7 Å². The lowest BCUT2D eigenvalue weighted by atomic mass is 9.81. The van der Waals surface area contributed by atoms with Gasteiger partial charge in [-0.25, -0.2) is 0 Å². The Morgan fingerprint density at radius 2 is 2.12 bits per heavy atom. The normalized spacial score (nSPS) is 27.8. The minimum absolute atomic E-state index is 0.197. The van der Waals surface area contributed by atoms with Gasteiger partial charge in [0.15, 0.2) is 0 Å². The maximum absolute atomic E-state index is 12.0. The van der Waals surface area contributed by atoms with Crippen molar-refractivity contribution < 1.29 is 4.79 Å². The molecule has 1 aliphatic rings. The molecule has 2 atom stereocenters. The van der Waals surface area contributed by atoms with Gasteiger partial charge in [-0.05, 0) is 31.2 Å². The van der Waals surface area contributed by atoms with Crippen molar-refractivity contribution in [2.24, 2.45) is 16.7 Å². The summed E-state index contributed by atoms with van der Waals surface area (Å²) in [4.78, 5) is 12.0. The number of hydrogen-bond donors (Lipinski definition) is 2. The van der Waals surface area contributed by atoms with Gasteiger partial charge in [0.1, 0.15) is 0 Å². The topological polar surface area (TPSA) is 41.1 Å². The summed E-state index contributed by atoms with van der Waals surface area (Å²) in [6.45, 7) is 13.4. The molecule has 1 rings (SSSR count). The van der Waals surface area contributed by atoms with E-state index in [0.29, 0.717) is 5.92 Å². The Morgan fingerprint density at radius 1 is 1.50 bits per heavy atom. The Labute approximate surface area is 99.4 Å². The van der Waals surface area contributed by atoms with Gasteiger partial charge in [0.25, 0.3) is 0 Å². The minimum atomic E-state index is -0.197. The molecule has 0 saturated carbocycles. The van der Waals surface area contributed by atoms with E-state index >= 15 is 0 Å². The van der Waals surface area contributed by atoms with Crippen LogP contribution >= 0.6 is 0 Å². The lowest BCUT2D eigenvalue weighted by Crippen LogP contribution is -2.43. The lowest BCUT2D eigenvalue weighted by molar-refractivity contribution is -0.129. The van der Waals surface area contributed by atoms with Crippen molar-refractivity contribution in [1.82, 2.24) is 10.6 Å². The fourth-order valence-electron chi connectivity index (χ4n) is 1.78. The van der Waals surface area contributed by atoms with Gasteiger partial charge in [-0.15, -0.1) is 0 Å². The first-order valence-corrected chi connectivity index (χ1v) is 6.25. The molecule has 94 valence electrons. The molecule has 0 aromatic rings. The third-order valence-corrected chi connectivity index (χ3v) is 3.96. The lowest BCUT2D eigenvalue weighted by Gasteiger charge is -2.29. The molecule has 1 amide bonds. The predicted molar refractivity (Wildman–Crippen MR) is 67.2 cm³/mol. The molecule has 1 heterocycles. The van der Waals surface area contributed by atoms with E-state index in [2.05, 4.69) is 38.3 Å². The summed E-state index contributed by atoms with van der Waals surface area (Å²) in [5, 5.41) is 6.34. The van der Waals surface area contributed by atoms with Crippen molar-refractivity contribution in [1.29, 1.82) is 0 Å². The Bertz CT molecular complexity index is 249. The van der Waals surface area contributed by atoms with Crippen LogP contribution in [0.3, 0.4) is 0 Å². The zero-order chi connectivity index (χ0) is 12.4. The number of carbonyl (C=O) groups excluding carboxylic acids is 1. The zero-order valence-electron chi connectivity index (χ0n) is 11.3. The zero-order valence-corrected chi connectivity index (χ0v) is 11.3. The van der Waals surface area contributed by atoms with Gasteiger partial charge in [-0.1, -0.05) is 27.7 Å². The van der Waals surface area contributed by atoms with Crippen molar-refractivity contribution in [3.8, 4) is 0 Å². The molecule has 1 fully saturated rings. The van der Waals surface area contributed by atoms with Crippen molar-refractivity contribution in [3.63, 3.8) is 0 Å². The van der Waals surface area contributed by atoms with Crippen LogP contribution in [-0.4, -0.2) is 25.5 Å². The van der Waals surface area contributed by atoms with Crippen molar-refractivity contribution in [2.75, 3.05) is 19.6 Å². The number of amides is 1. The molecule has 16 heavy (non-hydrogen) atoms. The van der Waals surface area contributed by atoms with Crippen LogP contribution in [0.5, 0.6) is 0 Å². The van der Waals surface area contributed by atoms with Crippen LogP contribution in [0.4, 0.5) is 0 Å². The molecule has 3 nitrogen and oxygen atoms in total. The molecule has 2 N–H and O–H groups in total. The minimum Gasteiger partial charge on any atom is -0.355 e. The molecule has 3 heteroatoms. The van der Waals surface area contributed by atoms with E-state index in [1.807, 2.05) is 6.92 Å². The highest BCUT2D eigenvalue weighted by Gasteiger charge is 2.36. The first-order chi connectivity index (χ1) is 7.26. The summed E-state index contributed by atoms with van der Waals surface area (Å²) in [5.41, 5.74) is 0.0553. The number of nitrogens with one attached hydrogen (secondary N) is 2. The molecular weight excluding hydrogens is 200 g/mol. The summed E-state index contributed by atoms with van der Waals surface area (Å²) in [5.74, 6) is 0.697. The average molecular weight is 226 g/mol. The van der Waals surface area contributed by atoms with Crippen molar-refractivity contribution in [3.05, 3.63) is 0 Å². The Hall–Kier alpha value is -0.570. The van der Waals surface area contributed by atoms with Crippen LogP contribution < -0.4 is 10.6 Å². The molecule has 2 unspecified atom stereocenters. The van der Waals surface area contributed by atoms with E-state index in [0.717, 1.165) is 26.1 Å². The molecule has 0 spiro atoms. The van der Waals surface area contributed by atoms with Gasteiger partial charge in [0.05, 0.1) is 5.41 Å². The quantitative estimate of drug-likeness (QED) is 0.770. The Kier molecular flexibility index (Phi) is 4.00. The molecule has 0 aromatic carbocycles. The highest BCUT2D eigenvalue weighted by molar-refractivity contribution is 5.82. The smallest absolute Gasteiger partial charge is 0.227 e. The van der Waals surface area contributed by atoms with E-state index in [1.54, 1.807) is 0 Å². The Balaban J connectivity index is 2.41. The third-order valence-electron chi connectivity index (χ3n) is 3.96. The fourth-order valence-corrected chi connectivity index (χ4v) is 1.78. The van der Waals surface area contributed by atoms with Crippen LogP contribution in [0.15, 0.2) is 0 Å². The summed E-state index contributed by atoms with van der Waals surface area (Å²) in [6, 6.07) is 0. The van der Waals surface area contributed by atoms with Crippen LogP contribution in [0.1, 0.15) is 41.0 Å². The molecule has 1 aliphatic heterocycles. The maximum atomic E-state index is 12.0. The van der Waals surface area contributed by atoms with Gasteiger partial charge in [0.2, 0.25) is 5.91 Å². The van der Waals surface area contributed by atoms with Gasteiger partial charge >= 0.3 is 0 Å². The van der Waals surface area contributed by atoms with E-state index in [1.165, 1.54) is 0 Å². The maximum Gasteiger partial charge on any atom is 0.227 e. The number of hydrogen-bond acceptors (Lipinski definition) is 2. The van der Waals surface area contributed by atoms with Gasteiger partial charge in [-0.3, -0.25) is 4.79 Å². The molecule has 0 bridgehead atoms. The summed E-state index contributed by atoms with van der Waals surface area (Å²) in [6.07, 6.45) is 0.947. The molecular formula is C13H26N2O. The second kappa shape index (κ2) is 4.74. The number of rotatable bonds is 3. The van der Waals surface area contributed by atoms with Crippen LogP contribution in [-0.2, 0) is 4.79 Å². The third kappa shape index (κ3) is 3.21. The molecule has 0 aromatic heterocycles. The second-order valence-electron chi connectivity index (χ2n) is 6.46. The van der Waals surface area contributed by atoms with Gasteiger partial charge in [-0.2, -0.15) is 0 Å². The predicted octanol–water partition coefficient (Wildman–Crippen LogP) is 1.78. The van der Waals surface area contributed by atoms with E-state index < -0.39 is 0 Å². The summed E-state index contributed by atoms with van der Waals surface area (Å²) < 4.78 is 0. The summed E-state index contributed by atoms with van der Waals surface area (Å²) >= 11 is 0. The fraction of sp³-hybridized carbons (Fsp3) is 0.923. The van der Waals surface area contributed by atoms with Crippen LogP contribution in [0.25, 0.3) is 0 Å². The van der Waals surface area contributed by atoms with Crippen molar-refractivity contribution >= 4 is 5.91 Å². The standard InChI is InChI=1S/C13H26N2O/c1-10(12(2,3)4)8-15-11(16)13(5)6-7-14-9-13/h10,14H,6-9H2,1-5H3,(H,15,16). The molecule has 0 radical (unpaired) electrons. The van der Waals surface area contributed by atoms with Crippen molar-refractivity contribution in [2.45, 2.75) is 41.0 Å². The number of carbonyl (C=O) groups is 1. The first-order valence-electron chi connectivity index (χ1n) is 6.25. The first kappa shape index (κ1) is 13.5. The SMILES string of the molecule is CC(CNC(=O)C1(C)CCNC1)C(C)(C)C. The van der Waals surface area contributed by atoms with E-state index in [9.17, 15) is 4.79 Å². The second-order valence-corrected chi connectivity index (χ2v) is 6.46. The van der Waals surface area contributed by atoms with Crippen LogP contribution in [0.2, 0.25) is 0 Å². The van der Waals surface area contributed by atoms with Gasteiger partial charge in [0, 0.05) is 13.1 Å². The van der Waals surface area contributed by atoms with E-state index in [4.69, 9.17) is 0 Å². The molecule has 1 saturated heterocycles. The largest absolute Gasteiger partial charge is 0.355 e. The highest BCUT2D eigenvalue weighted by atomic mass is 16.2. The molecule has 0 aliphatic carbocycles. The average Bonchev–Trinajstić information content (AvgIpc) is 2.60. The van der Waals surface area contributed by atoms with Gasteiger partial charge < -0.3 is 10.6 Å². The highest BCUT2D eigenvalue weighted by Crippen LogP contribution is 2.27. The van der Waals surface area contributed by atoms with E-state index in [-0.39, 0.29) is 16.7 Å². The monoisotopic (exact) mass is 226 g/mol. The Morgan fingerprint density at radius 3 is 2.56 bits per heavy atom.